The zero-order chi connectivity index (χ0) is 25.4. The van der Waals surface area contributed by atoms with Gasteiger partial charge >= 0.3 is 12.4 Å². The van der Waals surface area contributed by atoms with Crippen LogP contribution in [0.1, 0.15) is 30.9 Å². The minimum Gasteiger partial charge on any atom is -0.406 e. The van der Waals surface area contributed by atoms with E-state index in [0.29, 0.717) is 5.69 Å². The first kappa shape index (κ1) is 24.4. The summed E-state index contributed by atoms with van der Waals surface area (Å²) in [6.45, 7) is 4.77. The minimum absolute atomic E-state index is 0.252. The Labute approximate surface area is 200 Å². The average molecular weight is 490 g/mol. The molecule has 0 saturated carbocycles. The van der Waals surface area contributed by atoms with Gasteiger partial charge in [0, 0.05) is 24.5 Å². The molecule has 2 aromatic carbocycles. The minimum atomic E-state index is -4.85. The molecule has 11 heteroatoms. The van der Waals surface area contributed by atoms with Crippen molar-refractivity contribution in [1.82, 2.24) is 10.2 Å². The van der Waals surface area contributed by atoms with Crippen molar-refractivity contribution in [3.05, 3.63) is 53.6 Å². The van der Waals surface area contributed by atoms with Crippen molar-refractivity contribution in [2.45, 2.75) is 38.6 Å². The monoisotopic (exact) mass is 490 g/mol. The fourth-order valence-corrected chi connectivity index (χ4v) is 4.32. The standard InChI is InChI=1S/C24H25F3N4O4/c1-15-13-17(30-11-3-4-12-30)7-10-19(15)28-20(32)14-31-21(33)23(2,29-22(31)34)16-5-8-18(9-6-16)35-24(25,26)27/h5-10,13H,3-4,11-12,14H2,1-2H3,(H,28,32)(H,29,34). The Hall–Kier alpha value is -3.76. The van der Waals surface area contributed by atoms with Crippen LogP contribution in [0.25, 0.3) is 0 Å². The first-order chi connectivity index (χ1) is 16.5. The third-order valence-corrected chi connectivity index (χ3v) is 6.20. The first-order valence-corrected chi connectivity index (χ1v) is 11.1. The quantitative estimate of drug-likeness (QED) is 0.600. The second-order valence-electron chi connectivity index (χ2n) is 8.76. The molecule has 1 unspecified atom stereocenters. The number of halogens is 3. The number of nitrogens with one attached hydrogen (secondary N) is 2. The number of rotatable bonds is 6. The summed E-state index contributed by atoms with van der Waals surface area (Å²) < 4.78 is 41.0. The summed E-state index contributed by atoms with van der Waals surface area (Å²) in [5, 5.41) is 5.26. The number of benzene rings is 2. The molecule has 2 aliphatic rings. The molecule has 2 heterocycles. The van der Waals surface area contributed by atoms with E-state index < -0.39 is 42.0 Å². The Morgan fingerprint density at radius 3 is 2.37 bits per heavy atom. The number of alkyl halides is 3. The molecule has 0 bridgehead atoms. The zero-order valence-corrected chi connectivity index (χ0v) is 19.2. The Morgan fingerprint density at radius 1 is 1.11 bits per heavy atom. The van der Waals surface area contributed by atoms with E-state index >= 15 is 0 Å². The summed E-state index contributed by atoms with van der Waals surface area (Å²) in [4.78, 5) is 41.3. The second-order valence-corrected chi connectivity index (χ2v) is 8.76. The smallest absolute Gasteiger partial charge is 0.406 e. The van der Waals surface area contributed by atoms with E-state index in [1.165, 1.54) is 19.1 Å². The topological polar surface area (TPSA) is 91.0 Å². The molecule has 186 valence electrons. The molecule has 2 fully saturated rings. The highest BCUT2D eigenvalue weighted by Gasteiger charge is 2.49. The number of carbonyl (C=O) groups is 3. The summed E-state index contributed by atoms with van der Waals surface area (Å²) >= 11 is 0. The molecule has 2 aromatic rings. The summed E-state index contributed by atoms with van der Waals surface area (Å²) in [7, 11) is 0. The van der Waals surface area contributed by atoms with Crippen LogP contribution in [-0.2, 0) is 15.1 Å². The van der Waals surface area contributed by atoms with Gasteiger partial charge < -0.3 is 20.3 Å². The van der Waals surface area contributed by atoms with Crippen LogP contribution in [0.5, 0.6) is 5.75 Å². The molecule has 0 aliphatic carbocycles. The number of amides is 4. The number of urea groups is 1. The normalized spacial score (nSPS) is 20.3. The zero-order valence-electron chi connectivity index (χ0n) is 19.2. The van der Waals surface area contributed by atoms with E-state index in [1.807, 2.05) is 19.1 Å². The van der Waals surface area contributed by atoms with E-state index in [-0.39, 0.29) is 5.56 Å². The van der Waals surface area contributed by atoms with Crippen molar-refractivity contribution in [1.29, 1.82) is 0 Å². The van der Waals surface area contributed by atoms with Gasteiger partial charge in [-0.05, 0) is 68.1 Å². The lowest BCUT2D eigenvalue weighted by molar-refractivity contribution is -0.274. The van der Waals surface area contributed by atoms with Gasteiger partial charge in [-0.1, -0.05) is 12.1 Å². The van der Waals surface area contributed by atoms with Gasteiger partial charge in [0.2, 0.25) is 5.91 Å². The van der Waals surface area contributed by atoms with Crippen molar-refractivity contribution in [3.63, 3.8) is 0 Å². The van der Waals surface area contributed by atoms with Crippen LogP contribution >= 0.6 is 0 Å². The third-order valence-electron chi connectivity index (χ3n) is 6.20. The fourth-order valence-electron chi connectivity index (χ4n) is 4.32. The molecular formula is C24H25F3N4O4. The van der Waals surface area contributed by atoms with Gasteiger partial charge in [-0.2, -0.15) is 0 Å². The summed E-state index contributed by atoms with van der Waals surface area (Å²) in [6, 6.07) is 9.55. The molecule has 2 saturated heterocycles. The maximum Gasteiger partial charge on any atom is 0.573 e. The number of hydrogen-bond acceptors (Lipinski definition) is 5. The largest absolute Gasteiger partial charge is 0.573 e. The number of aryl methyl sites for hydroxylation is 1. The van der Waals surface area contributed by atoms with E-state index in [0.717, 1.165) is 54.2 Å². The van der Waals surface area contributed by atoms with Gasteiger partial charge in [0.1, 0.15) is 17.8 Å². The van der Waals surface area contributed by atoms with Gasteiger partial charge in [-0.3, -0.25) is 14.5 Å². The predicted octanol–water partition coefficient (Wildman–Crippen LogP) is 3.90. The molecular weight excluding hydrogens is 465 g/mol. The highest BCUT2D eigenvalue weighted by atomic mass is 19.4. The lowest BCUT2D eigenvalue weighted by Gasteiger charge is -2.22. The van der Waals surface area contributed by atoms with Crippen molar-refractivity contribution in [2.75, 3.05) is 29.9 Å². The van der Waals surface area contributed by atoms with Crippen molar-refractivity contribution in [3.8, 4) is 5.75 Å². The number of hydrogen-bond donors (Lipinski definition) is 2. The number of imide groups is 1. The molecule has 2 aliphatic heterocycles. The van der Waals surface area contributed by atoms with Crippen LogP contribution in [0.3, 0.4) is 0 Å². The molecule has 0 spiro atoms. The van der Waals surface area contributed by atoms with Crippen LogP contribution in [0.15, 0.2) is 42.5 Å². The first-order valence-electron chi connectivity index (χ1n) is 11.1. The van der Waals surface area contributed by atoms with Crippen LogP contribution in [0.2, 0.25) is 0 Å². The van der Waals surface area contributed by atoms with Crippen LogP contribution in [0, 0.1) is 6.92 Å². The molecule has 8 nitrogen and oxygen atoms in total. The Balaban J connectivity index is 1.42. The highest BCUT2D eigenvalue weighted by Crippen LogP contribution is 2.31. The van der Waals surface area contributed by atoms with Crippen molar-refractivity contribution < 1.29 is 32.3 Å². The summed E-state index contributed by atoms with van der Waals surface area (Å²) in [5.74, 6) is -1.70. The van der Waals surface area contributed by atoms with Crippen LogP contribution in [-0.4, -0.2) is 48.7 Å². The predicted molar refractivity (Wildman–Crippen MR) is 122 cm³/mol. The number of nitrogens with zero attached hydrogens (tertiary/aromatic N) is 2. The average Bonchev–Trinajstić information content (AvgIpc) is 3.39. The molecule has 1 atom stereocenters. The molecule has 0 aromatic heterocycles. The molecule has 4 amide bonds. The maximum absolute atomic E-state index is 13.0. The van der Waals surface area contributed by atoms with E-state index in [2.05, 4.69) is 20.3 Å². The second kappa shape index (κ2) is 9.12. The lowest BCUT2D eigenvalue weighted by atomic mass is 9.92. The SMILES string of the molecule is Cc1cc(N2CCCC2)ccc1NC(=O)CN1C(=O)NC(C)(c2ccc(OC(F)(F)F)cc2)C1=O. The van der Waals surface area contributed by atoms with Crippen LogP contribution < -0.4 is 20.3 Å². The Kier molecular flexibility index (Phi) is 6.35. The van der Waals surface area contributed by atoms with Gasteiger partial charge in [-0.15, -0.1) is 13.2 Å². The molecule has 4 rings (SSSR count). The van der Waals surface area contributed by atoms with E-state index in [1.54, 1.807) is 6.07 Å². The highest BCUT2D eigenvalue weighted by molar-refractivity contribution is 6.10. The van der Waals surface area contributed by atoms with Gasteiger partial charge in [0.05, 0.1) is 0 Å². The Morgan fingerprint density at radius 2 is 1.77 bits per heavy atom. The maximum atomic E-state index is 13.0. The molecule has 2 N–H and O–H groups in total. The van der Waals surface area contributed by atoms with Gasteiger partial charge in [0.15, 0.2) is 0 Å². The van der Waals surface area contributed by atoms with Crippen molar-refractivity contribution in [2.24, 2.45) is 0 Å². The van der Waals surface area contributed by atoms with Gasteiger partial charge in [-0.25, -0.2) is 4.79 Å². The fraction of sp³-hybridized carbons (Fsp3) is 0.375. The van der Waals surface area contributed by atoms with E-state index in [4.69, 9.17) is 0 Å². The van der Waals surface area contributed by atoms with Crippen molar-refractivity contribution >= 4 is 29.2 Å². The van der Waals surface area contributed by atoms with E-state index in [9.17, 15) is 27.6 Å². The summed E-state index contributed by atoms with van der Waals surface area (Å²) in [5.41, 5.74) is 1.22. The Bertz CT molecular complexity index is 1150. The molecule has 0 radical (unpaired) electrons. The molecule has 35 heavy (non-hydrogen) atoms. The lowest BCUT2D eigenvalue weighted by Crippen LogP contribution is -2.42. The van der Waals surface area contributed by atoms with Gasteiger partial charge in [0.25, 0.3) is 5.91 Å². The third kappa shape index (κ3) is 5.18. The van der Waals surface area contributed by atoms with Crippen LogP contribution in [0.4, 0.5) is 29.3 Å². The number of ether oxygens (including phenoxy) is 1. The number of anilines is 2. The number of carbonyl (C=O) groups excluding carboxylic acids is 3. The summed E-state index contributed by atoms with van der Waals surface area (Å²) in [6.07, 6.45) is -2.55.